The van der Waals surface area contributed by atoms with Gasteiger partial charge in [0.15, 0.2) is 0 Å². The molecular weight excluding hydrogens is 252 g/mol. The molecule has 6 heteroatoms. The van der Waals surface area contributed by atoms with Gasteiger partial charge >= 0.3 is 0 Å². The van der Waals surface area contributed by atoms with Crippen LogP contribution < -0.4 is 0 Å². The smallest absolute Gasteiger partial charge is 0.218 e. The van der Waals surface area contributed by atoms with Crippen LogP contribution in [0.5, 0.6) is 0 Å². The van der Waals surface area contributed by atoms with Gasteiger partial charge in [-0.2, -0.15) is 9.57 Å². The quantitative estimate of drug-likeness (QED) is 0.861. The Morgan fingerprint density at radius 3 is 2.56 bits per heavy atom. The molecule has 18 heavy (non-hydrogen) atoms. The van der Waals surface area contributed by atoms with Crippen molar-refractivity contribution < 1.29 is 13.5 Å². The zero-order chi connectivity index (χ0) is 13.2. The summed E-state index contributed by atoms with van der Waals surface area (Å²) in [4.78, 5) is 0. The minimum absolute atomic E-state index is 0.0918. The van der Waals surface area contributed by atoms with Crippen molar-refractivity contribution in [1.82, 2.24) is 4.31 Å². The van der Waals surface area contributed by atoms with Crippen molar-refractivity contribution >= 4 is 10.0 Å². The Bertz CT molecular complexity index is 560. The fourth-order valence-electron chi connectivity index (χ4n) is 1.94. The standard InChI is InChI=1S/C12H14N2O3S/c13-7-10-1-3-11(4-2-10)9-18(16,17)14-6-5-12(15)8-14/h1-4,12,15H,5-6,8-9H2/t12-/m0/s1. The van der Waals surface area contributed by atoms with E-state index in [0.717, 1.165) is 0 Å². The van der Waals surface area contributed by atoms with Gasteiger partial charge in [0, 0.05) is 13.1 Å². The van der Waals surface area contributed by atoms with Crippen LogP contribution in [0.25, 0.3) is 0 Å². The van der Waals surface area contributed by atoms with Crippen molar-refractivity contribution in [2.45, 2.75) is 18.3 Å². The zero-order valence-corrected chi connectivity index (χ0v) is 10.6. The van der Waals surface area contributed by atoms with Crippen LogP contribution in [0.4, 0.5) is 0 Å². The molecule has 1 atom stereocenters. The van der Waals surface area contributed by atoms with Gasteiger partial charge in [-0.3, -0.25) is 0 Å². The molecular formula is C12H14N2O3S. The number of benzene rings is 1. The van der Waals surface area contributed by atoms with E-state index < -0.39 is 16.1 Å². The number of hydrogen-bond donors (Lipinski definition) is 1. The molecule has 1 aliphatic heterocycles. The van der Waals surface area contributed by atoms with Crippen molar-refractivity contribution in [2.24, 2.45) is 0 Å². The molecule has 5 nitrogen and oxygen atoms in total. The lowest BCUT2D eigenvalue weighted by Gasteiger charge is -2.15. The summed E-state index contributed by atoms with van der Waals surface area (Å²) in [5.74, 6) is -0.0918. The van der Waals surface area contributed by atoms with Gasteiger partial charge in [0.2, 0.25) is 10.0 Å². The number of β-amino-alcohol motifs (C(OH)–C–C–N with tert-alkyl or cyclic N) is 1. The van der Waals surface area contributed by atoms with E-state index in [4.69, 9.17) is 5.26 Å². The number of aliphatic hydroxyl groups excluding tert-OH is 1. The fourth-order valence-corrected chi connectivity index (χ4v) is 3.52. The molecule has 0 aliphatic carbocycles. The van der Waals surface area contributed by atoms with Gasteiger partial charge in [0.25, 0.3) is 0 Å². The van der Waals surface area contributed by atoms with Crippen LogP contribution in [-0.4, -0.2) is 37.0 Å². The van der Waals surface area contributed by atoms with E-state index in [-0.39, 0.29) is 12.3 Å². The topological polar surface area (TPSA) is 81.4 Å². The molecule has 1 saturated heterocycles. The van der Waals surface area contributed by atoms with Crippen molar-refractivity contribution in [3.63, 3.8) is 0 Å². The van der Waals surface area contributed by atoms with Gasteiger partial charge in [-0.15, -0.1) is 0 Å². The fraction of sp³-hybridized carbons (Fsp3) is 0.417. The highest BCUT2D eigenvalue weighted by Crippen LogP contribution is 2.17. The largest absolute Gasteiger partial charge is 0.392 e. The predicted molar refractivity (Wildman–Crippen MR) is 66.0 cm³/mol. The van der Waals surface area contributed by atoms with Crippen LogP contribution in [0.1, 0.15) is 17.5 Å². The van der Waals surface area contributed by atoms with Crippen molar-refractivity contribution in [2.75, 3.05) is 13.1 Å². The zero-order valence-electron chi connectivity index (χ0n) is 9.78. The summed E-state index contributed by atoms with van der Waals surface area (Å²) in [6.07, 6.45) is -0.0622. The van der Waals surface area contributed by atoms with Crippen LogP contribution in [0.15, 0.2) is 24.3 Å². The average molecular weight is 266 g/mol. The van der Waals surface area contributed by atoms with Crippen LogP contribution >= 0.6 is 0 Å². The third-order valence-corrected chi connectivity index (χ3v) is 4.77. The van der Waals surface area contributed by atoms with E-state index in [1.165, 1.54) is 4.31 Å². The average Bonchev–Trinajstić information content (AvgIpc) is 2.77. The van der Waals surface area contributed by atoms with E-state index in [1.807, 2.05) is 6.07 Å². The Kier molecular flexibility index (Phi) is 3.66. The molecule has 2 rings (SSSR count). The van der Waals surface area contributed by atoms with E-state index in [1.54, 1.807) is 24.3 Å². The lowest BCUT2D eigenvalue weighted by atomic mass is 10.2. The summed E-state index contributed by atoms with van der Waals surface area (Å²) in [5, 5.41) is 18.0. The van der Waals surface area contributed by atoms with Crippen LogP contribution in [-0.2, 0) is 15.8 Å². The second kappa shape index (κ2) is 5.06. The molecule has 0 spiro atoms. The minimum Gasteiger partial charge on any atom is -0.392 e. The summed E-state index contributed by atoms with van der Waals surface area (Å²) in [7, 11) is -3.38. The lowest BCUT2D eigenvalue weighted by molar-refractivity contribution is 0.189. The first-order chi connectivity index (χ1) is 8.51. The van der Waals surface area contributed by atoms with Crippen molar-refractivity contribution in [3.05, 3.63) is 35.4 Å². The maximum Gasteiger partial charge on any atom is 0.218 e. The molecule has 1 aromatic rings. The third-order valence-electron chi connectivity index (χ3n) is 2.95. The van der Waals surface area contributed by atoms with Crippen LogP contribution in [0, 0.1) is 11.3 Å². The maximum atomic E-state index is 12.1. The van der Waals surface area contributed by atoms with Gasteiger partial charge in [-0.05, 0) is 24.1 Å². The summed E-state index contributed by atoms with van der Waals surface area (Å²) in [6, 6.07) is 8.47. The summed E-state index contributed by atoms with van der Waals surface area (Å²) < 4.78 is 25.4. The Morgan fingerprint density at radius 1 is 1.39 bits per heavy atom. The number of aliphatic hydroxyl groups is 1. The van der Waals surface area contributed by atoms with E-state index in [2.05, 4.69) is 0 Å². The molecule has 0 bridgehead atoms. The van der Waals surface area contributed by atoms with Crippen LogP contribution in [0.2, 0.25) is 0 Å². The SMILES string of the molecule is N#Cc1ccc(CS(=O)(=O)N2CC[C@H](O)C2)cc1. The number of hydrogen-bond acceptors (Lipinski definition) is 4. The minimum atomic E-state index is -3.38. The van der Waals surface area contributed by atoms with E-state index in [9.17, 15) is 13.5 Å². The first kappa shape index (κ1) is 13.0. The highest BCUT2D eigenvalue weighted by Gasteiger charge is 2.30. The second-order valence-corrected chi connectivity index (χ2v) is 6.33. The molecule has 1 aromatic carbocycles. The van der Waals surface area contributed by atoms with Crippen molar-refractivity contribution in [3.8, 4) is 6.07 Å². The molecule has 0 aromatic heterocycles. The van der Waals surface area contributed by atoms with Gasteiger partial charge in [-0.25, -0.2) is 8.42 Å². The molecule has 0 unspecified atom stereocenters. The highest BCUT2D eigenvalue weighted by molar-refractivity contribution is 7.88. The molecule has 1 fully saturated rings. The Labute approximate surface area is 106 Å². The normalized spacial score (nSPS) is 20.8. The first-order valence-corrected chi connectivity index (χ1v) is 7.27. The Morgan fingerprint density at radius 2 is 2.06 bits per heavy atom. The number of nitrogens with zero attached hydrogens (tertiary/aromatic N) is 2. The van der Waals surface area contributed by atoms with Gasteiger partial charge in [0.1, 0.15) is 0 Å². The third kappa shape index (κ3) is 2.88. The Hall–Kier alpha value is -1.42. The molecule has 0 saturated carbocycles. The number of rotatable bonds is 3. The maximum absolute atomic E-state index is 12.1. The van der Waals surface area contributed by atoms with Gasteiger partial charge in [-0.1, -0.05) is 12.1 Å². The van der Waals surface area contributed by atoms with Gasteiger partial charge < -0.3 is 5.11 Å². The summed E-state index contributed by atoms with van der Waals surface area (Å²) in [6.45, 7) is 0.554. The molecule has 1 heterocycles. The van der Waals surface area contributed by atoms with E-state index >= 15 is 0 Å². The molecule has 0 radical (unpaired) electrons. The van der Waals surface area contributed by atoms with Gasteiger partial charge in [0.05, 0.1) is 23.5 Å². The van der Waals surface area contributed by atoms with Crippen molar-refractivity contribution in [1.29, 1.82) is 5.26 Å². The highest BCUT2D eigenvalue weighted by atomic mass is 32.2. The first-order valence-electron chi connectivity index (χ1n) is 5.66. The number of sulfonamides is 1. The summed E-state index contributed by atoms with van der Waals surface area (Å²) >= 11 is 0. The Balaban J connectivity index is 2.10. The summed E-state index contributed by atoms with van der Waals surface area (Å²) in [5.41, 5.74) is 1.16. The number of nitriles is 1. The van der Waals surface area contributed by atoms with E-state index in [0.29, 0.717) is 24.1 Å². The predicted octanol–water partition coefficient (Wildman–Crippen LogP) is 0.455. The molecule has 1 N–H and O–H groups in total. The monoisotopic (exact) mass is 266 g/mol. The second-order valence-electron chi connectivity index (χ2n) is 4.37. The molecule has 0 amide bonds. The molecule has 96 valence electrons. The lowest BCUT2D eigenvalue weighted by Crippen LogP contribution is -2.30. The molecule has 1 aliphatic rings. The van der Waals surface area contributed by atoms with Crippen LogP contribution in [0.3, 0.4) is 0 Å².